The molecule has 3 heterocycles. The van der Waals surface area contributed by atoms with Crippen LogP contribution in [-0.4, -0.2) is 65.0 Å². The molecule has 11 heteroatoms. The van der Waals surface area contributed by atoms with E-state index in [0.29, 0.717) is 37.0 Å². The van der Waals surface area contributed by atoms with Crippen molar-refractivity contribution in [2.75, 3.05) is 43.4 Å². The van der Waals surface area contributed by atoms with Gasteiger partial charge in [-0.3, -0.25) is 4.79 Å². The summed E-state index contributed by atoms with van der Waals surface area (Å²) >= 11 is 0. The lowest BCUT2D eigenvalue weighted by Gasteiger charge is -2.24. The first-order valence-electron chi connectivity index (χ1n) is 8.91. The van der Waals surface area contributed by atoms with Crippen molar-refractivity contribution in [2.45, 2.75) is 13.0 Å². The summed E-state index contributed by atoms with van der Waals surface area (Å²) in [4.78, 5) is 20.3. The number of nitrogens with one attached hydrogen (secondary N) is 4. The fraction of sp³-hybridized carbons (Fsp3) is 0.412. The topological polar surface area (TPSA) is 150 Å². The first kappa shape index (κ1) is 19.4. The van der Waals surface area contributed by atoms with Crippen LogP contribution in [0.5, 0.6) is 0 Å². The number of rotatable bonds is 7. The monoisotopic (exact) mass is 383 g/mol. The van der Waals surface area contributed by atoms with Gasteiger partial charge in [-0.25, -0.2) is 9.97 Å². The summed E-state index contributed by atoms with van der Waals surface area (Å²) in [6.45, 7) is 5.04. The number of hydrogen-bond acceptors (Lipinski definition) is 10. The van der Waals surface area contributed by atoms with Gasteiger partial charge in [0.2, 0.25) is 0 Å². The van der Waals surface area contributed by atoms with Gasteiger partial charge >= 0.3 is 0 Å². The number of ether oxygens (including phenoxy) is 1. The van der Waals surface area contributed by atoms with E-state index in [0.717, 1.165) is 13.1 Å². The van der Waals surface area contributed by atoms with Crippen LogP contribution in [0, 0.1) is 11.3 Å². The zero-order valence-electron chi connectivity index (χ0n) is 15.4. The van der Waals surface area contributed by atoms with Gasteiger partial charge < -0.3 is 26.0 Å². The molecular weight excluding hydrogens is 362 g/mol. The fourth-order valence-corrected chi connectivity index (χ4v) is 2.56. The number of carbonyl (C=O) groups is 1. The van der Waals surface area contributed by atoms with E-state index in [1.807, 2.05) is 13.0 Å². The maximum atomic E-state index is 12.3. The molecule has 1 atom stereocenters. The highest BCUT2D eigenvalue weighted by Gasteiger charge is 2.18. The van der Waals surface area contributed by atoms with Gasteiger partial charge in [0.25, 0.3) is 5.91 Å². The molecule has 0 aromatic carbocycles. The molecule has 1 fully saturated rings. The SMILES string of the molecule is CCNC(=O)c1nnc(Nc2cnc(C#N)cn2)cc1NCC1CNCCO1. The highest BCUT2D eigenvalue weighted by molar-refractivity contribution is 5.97. The molecule has 11 nitrogen and oxygen atoms in total. The Morgan fingerprint density at radius 1 is 1.36 bits per heavy atom. The van der Waals surface area contributed by atoms with Gasteiger partial charge in [-0.1, -0.05) is 0 Å². The van der Waals surface area contributed by atoms with Gasteiger partial charge in [0.05, 0.1) is 30.8 Å². The van der Waals surface area contributed by atoms with E-state index >= 15 is 0 Å². The Balaban J connectivity index is 1.77. The normalized spacial score (nSPS) is 16.1. The van der Waals surface area contributed by atoms with Gasteiger partial charge in [0.1, 0.15) is 11.9 Å². The molecule has 1 aliphatic heterocycles. The zero-order valence-corrected chi connectivity index (χ0v) is 15.4. The summed E-state index contributed by atoms with van der Waals surface area (Å²) in [7, 11) is 0. The van der Waals surface area contributed by atoms with E-state index < -0.39 is 0 Å². The third-order valence-electron chi connectivity index (χ3n) is 3.89. The third-order valence-corrected chi connectivity index (χ3v) is 3.89. The number of nitrogens with zero attached hydrogens (tertiary/aromatic N) is 5. The van der Waals surface area contributed by atoms with Crippen molar-refractivity contribution in [3.05, 3.63) is 29.8 Å². The Labute approximate surface area is 161 Å². The lowest BCUT2D eigenvalue weighted by molar-refractivity contribution is 0.0372. The molecule has 3 rings (SSSR count). The Bertz CT molecular complexity index is 845. The van der Waals surface area contributed by atoms with Crippen LogP contribution in [0.25, 0.3) is 0 Å². The molecule has 0 bridgehead atoms. The van der Waals surface area contributed by atoms with Gasteiger partial charge in [-0.05, 0) is 6.92 Å². The van der Waals surface area contributed by atoms with Crippen LogP contribution in [0.15, 0.2) is 18.5 Å². The molecule has 0 radical (unpaired) electrons. The number of aromatic nitrogens is 4. The molecule has 4 N–H and O–H groups in total. The zero-order chi connectivity index (χ0) is 19.8. The Morgan fingerprint density at radius 3 is 2.93 bits per heavy atom. The van der Waals surface area contributed by atoms with E-state index in [2.05, 4.69) is 41.4 Å². The van der Waals surface area contributed by atoms with E-state index in [-0.39, 0.29) is 23.4 Å². The van der Waals surface area contributed by atoms with Crippen LogP contribution in [0.3, 0.4) is 0 Å². The minimum atomic E-state index is -0.315. The van der Waals surface area contributed by atoms with E-state index in [1.165, 1.54) is 12.4 Å². The van der Waals surface area contributed by atoms with Crippen molar-refractivity contribution in [3.63, 3.8) is 0 Å². The van der Waals surface area contributed by atoms with E-state index in [4.69, 9.17) is 10.00 Å². The second-order valence-electron chi connectivity index (χ2n) is 5.95. The molecule has 1 amide bonds. The van der Waals surface area contributed by atoms with Crippen LogP contribution in [0.2, 0.25) is 0 Å². The smallest absolute Gasteiger partial charge is 0.273 e. The summed E-state index contributed by atoms with van der Waals surface area (Å²) in [5.74, 6) is 0.479. The second-order valence-corrected chi connectivity index (χ2v) is 5.95. The van der Waals surface area contributed by atoms with Crippen molar-refractivity contribution in [1.29, 1.82) is 5.26 Å². The molecule has 0 saturated carbocycles. The molecule has 28 heavy (non-hydrogen) atoms. The van der Waals surface area contributed by atoms with E-state index in [9.17, 15) is 4.79 Å². The van der Waals surface area contributed by atoms with Gasteiger partial charge in [0, 0.05) is 32.2 Å². The molecule has 1 unspecified atom stereocenters. The second kappa shape index (κ2) is 9.54. The summed E-state index contributed by atoms with van der Waals surface area (Å²) in [6, 6.07) is 3.58. The highest BCUT2D eigenvalue weighted by atomic mass is 16.5. The first-order chi connectivity index (χ1) is 13.7. The van der Waals surface area contributed by atoms with Crippen molar-refractivity contribution in [1.82, 2.24) is 30.8 Å². The summed E-state index contributed by atoms with van der Waals surface area (Å²) in [5.41, 5.74) is 0.938. The molecule has 1 saturated heterocycles. The lowest BCUT2D eigenvalue weighted by Crippen LogP contribution is -2.42. The average Bonchev–Trinajstić information content (AvgIpc) is 2.74. The molecule has 146 valence electrons. The summed E-state index contributed by atoms with van der Waals surface area (Å²) in [5, 5.41) is 29.0. The van der Waals surface area contributed by atoms with Gasteiger partial charge in [0.15, 0.2) is 17.2 Å². The average molecular weight is 383 g/mol. The number of carbonyl (C=O) groups excluding carboxylic acids is 1. The minimum Gasteiger partial charge on any atom is -0.380 e. The van der Waals surface area contributed by atoms with Crippen molar-refractivity contribution >= 4 is 23.2 Å². The molecular formula is C17H21N9O2. The largest absolute Gasteiger partial charge is 0.380 e. The van der Waals surface area contributed by atoms with Crippen LogP contribution in [0.1, 0.15) is 23.1 Å². The van der Waals surface area contributed by atoms with Crippen molar-refractivity contribution in [2.24, 2.45) is 0 Å². The number of hydrogen-bond donors (Lipinski definition) is 4. The quantitative estimate of drug-likeness (QED) is 0.516. The molecule has 2 aromatic heterocycles. The number of anilines is 3. The third kappa shape index (κ3) is 5.09. The number of morpholine rings is 1. The molecule has 2 aromatic rings. The van der Waals surface area contributed by atoms with Crippen LogP contribution in [-0.2, 0) is 4.74 Å². The van der Waals surface area contributed by atoms with Crippen molar-refractivity contribution in [3.8, 4) is 6.07 Å². The Kier molecular flexibility index (Phi) is 6.61. The maximum Gasteiger partial charge on any atom is 0.273 e. The van der Waals surface area contributed by atoms with Crippen LogP contribution in [0.4, 0.5) is 17.3 Å². The highest BCUT2D eigenvalue weighted by Crippen LogP contribution is 2.19. The standard InChI is InChI=1S/C17H21N9O2/c1-2-20-17(27)16-13(22-9-12-8-19-3-4-28-12)5-14(25-26-16)24-15-10-21-11(6-18)7-23-15/h5,7,10,12,19H,2-4,8-9H2,1H3,(H,20,27)(H2,22,23,24,25). The number of nitriles is 1. The summed E-state index contributed by atoms with van der Waals surface area (Å²) < 4.78 is 5.67. The fourth-order valence-electron chi connectivity index (χ4n) is 2.56. The molecule has 0 aliphatic carbocycles. The molecule has 1 aliphatic rings. The van der Waals surface area contributed by atoms with Crippen LogP contribution >= 0.6 is 0 Å². The molecule has 0 spiro atoms. The van der Waals surface area contributed by atoms with Gasteiger partial charge in [-0.15, -0.1) is 10.2 Å². The van der Waals surface area contributed by atoms with Crippen molar-refractivity contribution < 1.29 is 9.53 Å². The minimum absolute atomic E-state index is 0.00944. The number of amides is 1. The summed E-state index contributed by atoms with van der Waals surface area (Å²) in [6.07, 6.45) is 2.77. The van der Waals surface area contributed by atoms with Gasteiger partial charge in [-0.2, -0.15) is 5.26 Å². The Morgan fingerprint density at radius 2 is 2.25 bits per heavy atom. The maximum absolute atomic E-state index is 12.3. The lowest BCUT2D eigenvalue weighted by atomic mass is 10.2. The predicted molar refractivity (Wildman–Crippen MR) is 101 cm³/mol. The van der Waals surface area contributed by atoms with E-state index in [1.54, 1.807) is 6.07 Å². The first-order valence-corrected chi connectivity index (χ1v) is 8.91. The predicted octanol–water partition coefficient (Wildman–Crippen LogP) is 0.0319. The van der Waals surface area contributed by atoms with Crippen LogP contribution < -0.4 is 21.3 Å². The Hall–Kier alpha value is -3.36.